The van der Waals surface area contributed by atoms with Crippen molar-refractivity contribution in [3.63, 3.8) is 0 Å². The number of hydrogen-bond acceptors (Lipinski definition) is 10. The summed E-state index contributed by atoms with van der Waals surface area (Å²) in [5.41, 5.74) is 2.29. The number of rotatable bonds is 4. The molecule has 1 aliphatic rings. The van der Waals surface area contributed by atoms with Gasteiger partial charge < -0.3 is 9.47 Å². The maximum absolute atomic E-state index is 12.3. The summed E-state index contributed by atoms with van der Waals surface area (Å²) in [6.45, 7) is 1.58. The predicted molar refractivity (Wildman–Crippen MR) is 88.8 cm³/mol. The number of hydrogen-bond donors (Lipinski definition) is 2. The Labute approximate surface area is 147 Å². The van der Waals surface area contributed by atoms with E-state index in [4.69, 9.17) is 4.74 Å². The quantitative estimate of drug-likeness (QED) is 0.698. The summed E-state index contributed by atoms with van der Waals surface area (Å²) in [7, 11) is -1.73. The molecule has 0 aliphatic carbocycles. The minimum absolute atomic E-state index is 0.00215. The second-order valence-corrected chi connectivity index (χ2v) is 7.09. The van der Waals surface area contributed by atoms with E-state index in [0.717, 1.165) is 18.4 Å². The van der Waals surface area contributed by atoms with Gasteiger partial charge in [-0.15, -0.1) is 11.3 Å². The van der Waals surface area contributed by atoms with E-state index < -0.39 is 22.0 Å². The number of carbonyl (C=O) groups is 2. The zero-order chi connectivity index (χ0) is 18.6. The summed E-state index contributed by atoms with van der Waals surface area (Å²) < 4.78 is 35.8. The lowest BCUT2D eigenvalue weighted by molar-refractivity contribution is 0.0602. The Morgan fingerprint density at radius 3 is 2.68 bits per heavy atom. The van der Waals surface area contributed by atoms with Gasteiger partial charge in [0.2, 0.25) is 0 Å². The van der Waals surface area contributed by atoms with Crippen LogP contribution in [0.4, 0.5) is 4.79 Å². The van der Waals surface area contributed by atoms with Crippen LogP contribution >= 0.6 is 11.3 Å². The second kappa shape index (κ2) is 7.48. The first-order chi connectivity index (χ1) is 11.8. The normalized spacial score (nSPS) is 14.3. The summed E-state index contributed by atoms with van der Waals surface area (Å²) in [6, 6.07) is 0.312. The fourth-order valence-corrected chi connectivity index (χ4v) is 4.00. The molecule has 13 heteroatoms. The molecule has 0 aromatic carbocycles. The van der Waals surface area contributed by atoms with Crippen LogP contribution in [0.3, 0.4) is 0 Å². The maximum atomic E-state index is 12.3. The highest BCUT2D eigenvalue weighted by Crippen LogP contribution is 2.22. The molecule has 2 rings (SSSR count). The van der Waals surface area contributed by atoms with Gasteiger partial charge in [0, 0.05) is 0 Å². The van der Waals surface area contributed by atoms with E-state index in [0.29, 0.717) is 5.84 Å². The lowest BCUT2D eigenvalue weighted by Crippen LogP contribution is -2.52. The summed E-state index contributed by atoms with van der Waals surface area (Å²) in [6.07, 6.45) is 0. The highest BCUT2D eigenvalue weighted by atomic mass is 32.2. The number of nitrogens with one attached hydrogen (secondary N) is 2. The molecule has 0 fully saturated rings. The summed E-state index contributed by atoms with van der Waals surface area (Å²) in [5, 5.41) is 2.63. The fraction of sp³-hybridized carbons (Fsp3) is 0.333. The molecule has 1 aromatic heterocycles. The van der Waals surface area contributed by atoms with Crippen LogP contribution in [0, 0.1) is 0 Å². The van der Waals surface area contributed by atoms with Gasteiger partial charge >= 0.3 is 18.0 Å². The van der Waals surface area contributed by atoms with Crippen LogP contribution < -0.4 is 10.1 Å². The van der Waals surface area contributed by atoms with Gasteiger partial charge in [-0.2, -0.15) is 4.99 Å². The smallest absolute Gasteiger partial charge is 0.349 e. The molecular weight excluding hydrogens is 374 g/mol. The number of carbonyl (C=O) groups excluding carboxylic acids is 2. The lowest BCUT2D eigenvalue weighted by Gasteiger charge is -2.25. The minimum atomic E-state index is -4.27. The van der Waals surface area contributed by atoms with Crippen LogP contribution in [0.2, 0.25) is 0 Å². The summed E-state index contributed by atoms with van der Waals surface area (Å²) >= 11 is 0.888. The molecule has 2 heterocycles. The molecule has 1 aliphatic heterocycles. The molecule has 0 radical (unpaired) electrons. The molecule has 0 bridgehead atoms. The molecule has 1 aromatic rings. The molecule has 0 saturated carbocycles. The van der Waals surface area contributed by atoms with Crippen molar-refractivity contribution in [2.24, 2.45) is 9.98 Å². The molecule has 0 spiro atoms. The predicted octanol–water partition coefficient (Wildman–Crippen LogP) is 0.131. The first kappa shape index (κ1) is 18.7. The number of amidine groups is 2. The topological polar surface area (TPSA) is 139 Å². The third kappa shape index (κ3) is 4.24. The molecule has 2 amide bonds. The van der Waals surface area contributed by atoms with Gasteiger partial charge in [0.25, 0.3) is 10.0 Å². The van der Waals surface area contributed by atoms with E-state index >= 15 is 0 Å². The van der Waals surface area contributed by atoms with Crippen molar-refractivity contribution in [3.8, 4) is 0 Å². The third-order valence-electron chi connectivity index (χ3n) is 2.93. The number of amides is 2. The molecule has 136 valence electrons. The van der Waals surface area contributed by atoms with Crippen LogP contribution in [-0.2, 0) is 19.5 Å². The molecule has 0 saturated heterocycles. The van der Waals surface area contributed by atoms with E-state index in [2.05, 4.69) is 20.1 Å². The SMILES string of the molecule is COC(=O)c1sccc1S(=O)(=O)NC(=O)NN1CN=C(OC)N=C1C. The Hall–Kier alpha value is -2.67. The molecule has 0 unspecified atom stereocenters. The van der Waals surface area contributed by atoms with Gasteiger partial charge in [-0.1, -0.05) is 0 Å². The number of esters is 1. The zero-order valence-corrected chi connectivity index (χ0v) is 15.1. The van der Waals surface area contributed by atoms with Crippen LogP contribution in [-0.4, -0.2) is 58.2 Å². The van der Waals surface area contributed by atoms with Gasteiger partial charge in [0.1, 0.15) is 22.3 Å². The first-order valence-corrected chi connectivity index (χ1v) is 9.05. The van der Waals surface area contributed by atoms with E-state index in [1.54, 1.807) is 6.92 Å². The Morgan fingerprint density at radius 1 is 1.36 bits per heavy atom. The molecule has 25 heavy (non-hydrogen) atoms. The van der Waals surface area contributed by atoms with Gasteiger partial charge in [0.15, 0.2) is 0 Å². The summed E-state index contributed by atoms with van der Waals surface area (Å²) in [4.78, 5) is 31.0. The first-order valence-electron chi connectivity index (χ1n) is 6.69. The largest absolute Gasteiger partial charge is 0.467 e. The van der Waals surface area contributed by atoms with Crippen LogP contribution in [0.1, 0.15) is 16.6 Å². The van der Waals surface area contributed by atoms with Gasteiger partial charge in [-0.05, 0) is 18.4 Å². The number of urea groups is 1. The van der Waals surface area contributed by atoms with Crippen molar-refractivity contribution in [2.75, 3.05) is 20.9 Å². The number of ether oxygens (including phenoxy) is 2. The molecule has 0 atom stereocenters. The Morgan fingerprint density at radius 2 is 2.08 bits per heavy atom. The van der Waals surface area contributed by atoms with Crippen molar-refractivity contribution in [2.45, 2.75) is 11.8 Å². The molecule has 2 N–H and O–H groups in total. The lowest BCUT2D eigenvalue weighted by atomic mass is 10.5. The Kier molecular flexibility index (Phi) is 5.58. The number of sulfonamides is 1. The average molecular weight is 389 g/mol. The number of thiophene rings is 1. The third-order valence-corrected chi connectivity index (χ3v) is 5.33. The number of nitrogens with zero attached hydrogens (tertiary/aromatic N) is 3. The van der Waals surface area contributed by atoms with Crippen LogP contribution in [0.5, 0.6) is 0 Å². The van der Waals surface area contributed by atoms with Crippen molar-refractivity contribution >= 4 is 45.2 Å². The van der Waals surface area contributed by atoms with Crippen molar-refractivity contribution in [3.05, 3.63) is 16.3 Å². The van der Waals surface area contributed by atoms with Gasteiger partial charge in [0.05, 0.1) is 14.2 Å². The zero-order valence-electron chi connectivity index (χ0n) is 13.5. The van der Waals surface area contributed by atoms with Crippen molar-refractivity contribution in [1.29, 1.82) is 0 Å². The minimum Gasteiger partial charge on any atom is -0.467 e. The van der Waals surface area contributed by atoms with Crippen molar-refractivity contribution in [1.82, 2.24) is 15.2 Å². The number of hydrazine groups is 1. The van der Waals surface area contributed by atoms with Crippen molar-refractivity contribution < 1.29 is 27.5 Å². The highest BCUT2D eigenvalue weighted by Gasteiger charge is 2.27. The van der Waals surface area contributed by atoms with E-state index in [9.17, 15) is 18.0 Å². The van der Waals surface area contributed by atoms with Crippen LogP contribution in [0.25, 0.3) is 0 Å². The second-order valence-electron chi connectivity index (χ2n) is 4.53. The van der Waals surface area contributed by atoms with Crippen LogP contribution in [0.15, 0.2) is 26.3 Å². The fourth-order valence-electron chi connectivity index (χ4n) is 1.77. The summed E-state index contributed by atoms with van der Waals surface area (Å²) in [5.74, 6) is -0.457. The van der Waals surface area contributed by atoms with Gasteiger partial charge in [-0.3, -0.25) is 0 Å². The van der Waals surface area contributed by atoms with E-state index in [-0.39, 0.29) is 22.5 Å². The molecule has 11 nitrogen and oxygen atoms in total. The monoisotopic (exact) mass is 389 g/mol. The Balaban J connectivity index is 2.08. The standard InChI is InChI=1S/C12H15N5O6S2/c1-7-14-12(23-3)13-6-17(7)15-11(19)16-25(20,21)8-4-5-24-9(8)10(18)22-2/h4-5H,6H2,1-3H3,(H2,15,16,19). The van der Waals surface area contributed by atoms with Gasteiger partial charge in [-0.25, -0.2) is 38.2 Å². The number of aliphatic imine (C=N–C) groups is 2. The molecular formula is C12H15N5O6S2. The van der Waals surface area contributed by atoms with E-state index in [1.807, 2.05) is 4.72 Å². The van der Waals surface area contributed by atoms with E-state index in [1.165, 1.54) is 23.6 Å². The Bertz CT molecular complexity index is 844. The maximum Gasteiger partial charge on any atom is 0.349 e. The average Bonchev–Trinajstić information content (AvgIpc) is 3.06. The highest BCUT2D eigenvalue weighted by molar-refractivity contribution is 7.90. The number of methoxy groups -OCH3 is 2.